The van der Waals surface area contributed by atoms with Crippen LogP contribution in [0.4, 0.5) is 0 Å². The number of hydrogen-bond donors (Lipinski definition) is 1. The number of amides is 3. The van der Waals surface area contributed by atoms with Crippen molar-refractivity contribution in [3.8, 4) is 0 Å². The molecule has 4 aromatic rings. The van der Waals surface area contributed by atoms with E-state index in [-0.39, 0.29) is 12.5 Å². The molecule has 0 bridgehead atoms. The number of rotatable bonds is 5. The Morgan fingerprint density at radius 2 is 1.41 bits per heavy atom. The summed E-state index contributed by atoms with van der Waals surface area (Å²) in [4.78, 5) is 39.7. The molecule has 0 radical (unpaired) electrons. The Kier molecular flexibility index (Phi) is 4.77. The molecule has 166 valence electrons. The SMILES string of the molecule is O=C(CN1C(=O)c2ccccc2C1=O)N[C@H](c1ccccc1)c1ccc2c3c(cccc13)CC2. The van der Waals surface area contributed by atoms with Crippen LogP contribution in [0.3, 0.4) is 0 Å². The first-order valence-electron chi connectivity index (χ1n) is 11.4. The summed E-state index contributed by atoms with van der Waals surface area (Å²) in [5.41, 5.74) is 5.29. The highest BCUT2D eigenvalue weighted by Gasteiger charge is 2.36. The van der Waals surface area contributed by atoms with E-state index >= 15 is 0 Å². The standard InChI is InChI=1S/C29H22N2O3/c32-25(17-31-28(33)23-10-4-5-11-24(23)29(31)34)30-27(20-7-2-1-3-8-20)22-16-15-19-14-13-18-9-6-12-21(22)26(18)19/h1-12,15-16,27H,13-14,17H2,(H,30,32)/t27-/m1/s1. The summed E-state index contributed by atoms with van der Waals surface area (Å²) in [6, 6.07) is 26.6. The molecule has 6 rings (SSSR count). The minimum atomic E-state index is -0.433. The lowest BCUT2D eigenvalue weighted by atomic mass is 9.91. The summed E-state index contributed by atoms with van der Waals surface area (Å²) < 4.78 is 0. The van der Waals surface area contributed by atoms with Crippen molar-refractivity contribution in [3.05, 3.63) is 118 Å². The molecule has 1 aliphatic carbocycles. The quantitative estimate of drug-likeness (QED) is 0.461. The molecule has 5 nitrogen and oxygen atoms in total. The molecule has 3 amide bonds. The number of hydrogen-bond acceptors (Lipinski definition) is 3. The molecule has 4 aromatic carbocycles. The second-order valence-corrected chi connectivity index (χ2v) is 8.81. The minimum absolute atomic E-state index is 0.322. The number of carbonyl (C=O) groups is 3. The minimum Gasteiger partial charge on any atom is -0.344 e. The zero-order valence-electron chi connectivity index (χ0n) is 18.5. The van der Waals surface area contributed by atoms with Gasteiger partial charge in [0.1, 0.15) is 6.54 Å². The van der Waals surface area contributed by atoms with Crippen molar-refractivity contribution in [2.24, 2.45) is 0 Å². The molecule has 0 saturated heterocycles. The fourth-order valence-corrected chi connectivity index (χ4v) is 5.24. The summed E-state index contributed by atoms with van der Waals surface area (Å²) in [6.45, 7) is -0.322. The van der Waals surface area contributed by atoms with Gasteiger partial charge < -0.3 is 5.32 Å². The third-order valence-electron chi connectivity index (χ3n) is 6.84. The first kappa shape index (κ1) is 20.4. The summed E-state index contributed by atoms with van der Waals surface area (Å²) in [5.74, 6) is -1.25. The number of nitrogens with zero attached hydrogens (tertiary/aromatic N) is 1. The van der Waals surface area contributed by atoms with Crippen molar-refractivity contribution in [2.75, 3.05) is 6.54 Å². The maximum atomic E-state index is 13.2. The van der Waals surface area contributed by atoms with Crippen LogP contribution in [-0.4, -0.2) is 29.2 Å². The zero-order valence-corrected chi connectivity index (χ0v) is 18.5. The van der Waals surface area contributed by atoms with E-state index in [4.69, 9.17) is 0 Å². The first-order valence-corrected chi connectivity index (χ1v) is 11.4. The van der Waals surface area contributed by atoms with Crippen molar-refractivity contribution in [1.82, 2.24) is 10.2 Å². The summed E-state index contributed by atoms with van der Waals surface area (Å²) in [6.07, 6.45) is 2.05. The Balaban J connectivity index is 1.35. The highest BCUT2D eigenvalue weighted by Crippen LogP contribution is 2.36. The maximum Gasteiger partial charge on any atom is 0.262 e. The van der Waals surface area contributed by atoms with Gasteiger partial charge in [-0.15, -0.1) is 0 Å². The van der Waals surface area contributed by atoms with Gasteiger partial charge >= 0.3 is 0 Å². The summed E-state index contributed by atoms with van der Waals surface area (Å²) in [5, 5.41) is 5.51. The van der Waals surface area contributed by atoms with Crippen LogP contribution < -0.4 is 5.32 Å². The van der Waals surface area contributed by atoms with Crippen LogP contribution in [0.2, 0.25) is 0 Å². The number of benzene rings is 4. The summed E-state index contributed by atoms with van der Waals surface area (Å²) >= 11 is 0. The van der Waals surface area contributed by atoms with E-state index in [1.54, 1.807) is 24.3 Å². The molecule has 0 spiro atoms. The van der Waals surface area contributed by atoms with Gasteiger partial charge in [0.05, 0.1) is 17.2 Å². The topological polar surface area (TPSA) is 66.5 Å². The Labute approximate surface area is 197 Å². The van der Waals surface area contributed by atoms with Crippen LogP contribution in [-0.2, 0) is 17.6 Å². The van der Waals surface area contributed by atoms with Crippen molar-refractivity contribution >= 4 is 28.5 Å². The van der Waals surface area contributed by atoms with E-state index in [0.29, 0.717) is 11.1 Å². The third-order valence-corrected chi connectivity index (χ3v) is 6.84. The monoisotopic (exact) mass is 446 g/mol. The van der Waals surface area contributed by atoms with E-state index in [2.05, 4.69) is 35.6 Å². The average Bonchev–Trinajstić information content (AvgIpc) is 3.40. The van der Waals surface area contributed by atoms with E-state index in [1.165, 1.54) is 16.5 Å². The second kappa shape index (κ2) is 7.96. The molecule has 0 fully saturated rings. The van der Waals surface area contributed by atoms with Crippen molar-refractivity contribution in [1.29, 1.82) is 0 Å². The molecule has 2 aliphatic rings. The van der Waals surface area contributed by atoms with E-state index < -0.39 is 17.9 Å². The number of carbonyl (C=O) groups excluding carboxylic acids is 3. The fraction of sp³-hybridized carbons (Fsp3) is 0.138. The van der Waals surface area contributed by atoms with Gasteiger partial charge in [-0.3, -0.25) is 19.3 Å². The van der Waals surface area contributed by atoms with Crippen LogP contribution in [0.15, 0.2) is 84.9 Å². The molecule has 34 heavy (non-hydrogen) atoms. The number of aryl methyl sites for hydroxylation is 2. The molecule has 1 atom stereocenters. The second-order valence-electron chi connectivity index (χ2n) is 8.81. The molecule has 1 N–H and O–H groups in total. The predicted octanol–water partition coefficient (Wildman–Crippen LogP) is 4.44. The van der Waals surface area contributed by atoms with E-state index in [0.717, 1.165) is 34.3 Å². The molecule has 0 unspecified atom stereocenters. The van der Waals surface area contributed by atoms with Gasteiger partial charge in [-0.2, -0.15) is 0 Å². The Morgan fingerprint density at radius 3 is 2.12 bits per heavy atom. The lowest BCUT2D eigenvalue weighted by Crippen LogP contribution is -2.41. The first-order chi connectivity index (χ1) is 16.6. The number of imide groups is 1. The van der Waals surface area contributed by atoms with Crippen LogP contribution >= 0.6 is 0 Å². The molecule has 1 aliphatic heterocycles. The van der Waals surface area contributed by atoms with Crippen molar-refractivity contribution in [2.45, 2.75) is 18.9 Å². The smallest absolute Gasteiger partial charge is 0.262 e. The number of fused-ring (bicyclic) bond motifs is 1. The molecule has 0 saturated carbocycles. The van der Waals surface area contributed by atoms with Crippen LogP contribution in [0.5, 0.6) is 0 Å². The van der Waals surface area contributed by atoms with Gasteiger partial charge in [0, 0.05) is 0 Å². The Bertz CT molecular complexity index is 1430. The molecule has 1 heterocycles. The summed E-state index contributed by atoms with van der Waals surface area (Å²) in [7, 11) is 0. The zero-order chi connectivity index (χ0) is 23.2. The van der Waals surface area contributed by atoms with Crippen molar-refractivity contribution in [3.63, 3.8) is 0 Å². The Morgan fingerprint density at radius 1 is 0.765 bits per heavy atom. The lowest BCUT2D eigenvalue weighted by Gasteiger charge is -2.23. The predicted molar refractivity (Wildman–Crippen MR) is 130 cm³/mol. The number of nitrogens with one attached hydrogen (secondary N) is 1. The lowest BCUT2D eigenvalue weighted by molar-refractivity contribution is -0.121. The fourth-order valence-electron chi connectivity index (χ4n) is 5.24. The van der Waals surface area contributed by atoms with E-state index in [9.17, 15) is 14.4 Å². The van der Waals surface area contributed by atoms with E-state index in [1.807, 2.05) is 30.3 Å². The highest BCUT2D eigenvalue weighted by molar-refractivity contribution is 6.22. The largest absolute Gasteiger partial charge is 0.344 e. The van der Waals surface area contributed by atoms with Crippen LogP contribution in [0.25, 0.3) is 10.8 Å². The van der Waals surface area contributed by atoms with Gasteiger partial charge in [-0.25, -0.2) is 0 Å². The normalized spacial score (nSPS) is 15.0. The highest BCUT2D eigenvalue weighted by atomic mass is 16.2. The van der Waals surface area contributed by atoms with Gasteiger partial charge in [0.25, 0.3) is 11.8 Å². The van der Waals surface area contributed by atoms with Gasteiger partial charge in [0.15, 0.2) is 0 Å². The average molecular weight is 447 g/mol. The van der Waals surface area contributed by atoms with Crippen LogP contribution in [0.1, 0.15) is 49.0 Å². The molecular weight excluding hydrogens is 424 g/mol. The maximum absolute atomic E-state index is 13.2. The van der Waals surface area contributed by atoms with Crippen molar-refractivity contribution < 1.29 is 14.4 Å². The van der Waals surface area contributed by atoms with Gasteiger partial charge in [-0.05, 0) is 58.0 Å². The Hall–Kier alpha value is -4.25. The molecule has 5 heteroatoms. The molecular formula is C29H22N2O3. The van der Waals surface area contributed by atoms with Crippen LogP contribution in [0, 0.1) is 0 Å². The van der Waals surface area contributed by atoms with Gasteiger partial charge in [0.2, 0.25) is 5.91 Å². The molecule has 0 aromatic heterocycles. The van der Waals surface area contributed by atoms with Gasteiger partial charge in [-0.1, -0.05) is 72.8 Å². The third kappa shape index (κ3) is 3.20.